The molecule has 0 amide bonds. The Hall–Kier alpha value is -1.91. The van der Waals surface area contributed by atoms with E-state index in [0.717, 1.165) is 17.8 Å². The Morgan fingerprint density at radius 1 is 1.44 bits per heavy atom. The third kappa shape index (κ3) is 1.85. The van der Waals surface area contributed by atoms with Crippen LogP contribution < -0.4 is 5.73 Å². The molecule has 1 aliphatic heterocycles. The standard InChI is InChI=1S/C13H15FN4/c1-8-5-12-16-13(15)17-18(12)7-11(8)9-3-2-4-10(14)6-9/h2-4,6,8,11H,5,7H2,1H3,(H2,15,17). The normalized spacial score (nSPS) is 22.8. The predicted molar refractivity (Wildman–Crippen MR) is 66.4 cm³/mol. The molecule has 0 radical (unpaired) electrons. The maximum absolute atomic E-state index is 13.3. The van der Waals surface area contributed by atoms with Crippen LogP contribution in [0.2, 0.25) is 0 Å². The minimum absolute atomic E-state index is 0.191. The van der Waals surface area contributed by atoms with Gasteiger partial charge in [0.2, 0.25) is 5.95 Å². The van der Waals surface area contributed by atoms with Gasteiger partial charge in [-0.3, -0.25) is 0 Å². The van der Waals surface area contributed by atoms with Gasteiger partial charge in [0, 0.05) is 12.3 Å². The molecule has 2 N–H and O–H groups in total. The Bertz CT molecular complexity index is 578. The van der Waals surface area contributed by atoms with Gasteiger partial charge in [-0.15, -0.1) is 5.10 Å². The molecule has 2 atom stereocenters. The lowest BCUT2D eigenvalue weighted by molar-refractivity contribution is 0.329. The van der Waals surface area contributed by atoms with Gasteiger partial charge in [-0.05, 0) is 23.6 Å². The summed E-state index contributed by atoms with van der Waals surface area (Å²) in [6.45, 7) is 2.87. The summed E-state index contributed by atoms with van der Waals surface area (Å²) in [5.41, 5.74) is 6.62. The van der Waals surface area contributed by atoms with E-state index in [4.69, 9.17) is 5.73 Å². The monoisotopic (exact) mass is 246 g/mol. The first-order valence-electron chi connectivity index (χ1n) is 6.08. The van der Waals surface area contributed by atoms with Gasteiger partial charge >= 0.3 is 0 Å². The van der Waals surface area contributed by atoms with Gasteiger partial charge in [0.15, 0.2) is 0 Å². The van der Waals surface area contributed by atoms with Gasteiger partial charge in [0.1, 0.15) is 11.6 Å². The van der Waals surface area contributed by atoms with Crippen molar-refractivity contribution in [3.8, 4) is 0 Å². The molecule has 2 aromatic rings. The van der Waals surface area contributed by atoms with Gasteiger partial charge in [0.05, 0.1) is 6.54 Å². The summed E-state index contributed by atoms with van der Waals surface area (Å²) >= 11 is 0. The number of anilines is 1. The summed E-state index contributed by atoms with van der Waals surface area (Å²) in [6, 6.07) is 6.79. The fraction of sp³-hybridized carbons (Fsp3) is 0.385. The average molecular weight is 246 g/mol. The molecule has 2 unspecified atom stereocenters. The van der Waals surface area contributed by atoms with E-state index in [2.05, 4.69) is 17.0 Å². The Balaban J connectivity index is 1.95. The van der Waals surface area contributed by atoms with Crippen LogP contribution in [0.1, 0.15) is 24.2 Å². The van der Waals surface area contributed by atoms with Crippen molar-refractivity contribution in [2.45, 2.75) is 25.8 Å². The molecule has 1 aromatic carbocycles. The number of halogens is 1. The van der Waals surface area contributed by atoms with E-state index in [9.17, 15) is 4.39 Å². The van der Waals surface area contributed by atoms with Crippen molar-refractivity contribution in [1.29, 1.82) is 0 Å². The maximum Gasteiger partial charge on any atom is 0.239 e. The van der Waals surface area contributed by atoms with Crippen molar-refractivity contribution in [3.63, 3.8) is 0 Å². The van der Waals surface area contributed by atoms with E-state index in [-0.39, 0.29) is 11.7 Å². The first-order chi connectivity index (χ1) is 8.63. The minimum atomic E-state index is -0.191. The summed E-state index contributed by atoms with van der Waals surface area (Å²) in [6.07, 6.45) is 0.825. The second-order valence-electron chi connectivity index (χ2n) is 4.91. The number of hydrogen-bond donors (Lipinski definition) is 1. The number of nitrogen functional groups attached to an aromatic ring is 1. The Morgan fingerprint density at radius 3 is 3.06 bits per heavy atom. The molecule has 18 heavy (non-hydrogen) atoms. The summed E-state index contributed by atoms with van der Waals surface area (Å²) in [7, 11) is 0. The second kappa shape index (κ2) is 4.08. The van der Waals surface area contributed by atoms with Crippen LogP contribution in [0.5, 0.6) is 0 Å². The van der Waals surface area contributed by atoms with Gasteiger partial charge < -0.3 is 5.73 Å². The van der Waals surface area contributed by atoms with Crippen molar-refractivity contribution in [2.24, 2.45) is 5.92 Å². The molecule has 1 aromatic heterocycles. The van der Waals surface area contributed by atoms with Crippen molar-refractivity contribution in [1.82, 2.24) is 14.8 Å². The summed E-state index contributed by atoms with van der Waals surface area (Å²) < 4.78 is 15.1. The molecule has 94 valence electrons. The van der Waals surface area contributed by atoms with E-state index < -0.39 is 0 Å². The van der Waals surface area contributed by atoms with Crippen LogP contribution in [0.4, 0.5) is 10.3 Å². The van der Waals surface area contributed by atoms with Gasteiger partial charge in [-0.25, -0.2) is 9.07 Å². The van der Waals surface area contributed by atoms with Gasteiger partial charge in [0.25, 0.3) is 0 Å². The van der Waals surface area contributed by atoms with E-state index in [0.29, 0.717) is 18.4 Å². The summed E-state index contributed by atoms with van der Waals surface area (Å²) in [5, 5.41) is 4.17. The van der Waals surface area contributed by atoms with Crippen LogP contribution in [0, 0.1) is 11.7 Å². The molecule has 5 heteroatoms. The predicted octanol–water partition coefficient (Wildman–Crippen LogP) is 1.98. The lowest BCUT2D eigenvalue weighted by atomic mass is 9.83. The SMILES string of the molecule is CC1Cc2nc(N)nn2CC1c1cccc(F)c1. The Morgan fingerprint density at radius 2 is 2.28 bits per heavy atom. The van der Waals surface area contributed by atoms with Crippen LogP contribution in [0.25, 0.3) is 0 Å². The molecule has 1 aliphatic rings. The summed E-state index contributed by atoms with van der Waals surface area (Å²) in [4.78, 5) is 4.20. The zero-order chi connectivity index (χ0) is 12.7. The number of nitrogens with zero attached hydrogens (tertiary/aromatic N) is 3. The van der Waals surface area contributed by atoms with Crippen LogP contribution >= 0.6 is 0 Å². The molecule has 0 spiro atoms. The van der Waals surface area contributed by atoms with Gasteiger partial charge in [-0.1, -0.05) is 19.1 Å². The van der Waals surface area contributed by atoms with Crippen LogP contribution in [0.3, 0.4) is 0 Å². The Labute approximate surface area is 105 Å². The Kier molecular flexibility index (Phi) is 2.54. The summed E-state index contributed by atoms with van der Waals surface area (Å²) in [5.74, 6) is 1.71. The third-order valence-corrected chi connectivity index (χ3v) is 3.60. The van der Waals surface area contributed by atoms with Gasteiger partial charge in [-0.2, -0.15) is 4.98 Å². The zero-order valence-electron chi connectivity index (χ0n) is 10.2. The average Bonchev–Trinajstić information content (AvgIpc) is 2.67. The highest BCUT2D eigenvalue weighted by Gasteiger charge is 2.28. The maximum atomic E-state index is 13.3. The lowest BCUT2D eigenvalue weighted by Gasteiger charge is -2.29. The number of fused-ring (bicyclic) bond motifs is 1. The van der Waals surface area contributed by atoms with Crippen LogP contribution in [-0.2, 0) is 13.0 Å². The number of hydrogen-bond acceptors (Lipinski definition) is 3. The first-order valence-corrected chi connectivity index (χ1v) is 6.08. The van der Waals surface area contributed by atoms with E-state index in [1.54, 1.807) is 12.1 Å². The highest BCUT2D eigenvalue weighted by Crippen LogP contribution is 2.33. The highest BCUT2D eigenvalue weighted by molar-refractivity contribution is 5.24. The zero-order valence-corrected chi connectivity index (χ0v) is 10.2. The quantitative estimate of drug-likeness (QED) is 0.837. The highest BCUT2D eigenvalue weighted by atomic mass is 19.1. The van der Waals surface area contributed by atoms with E-state index in [1.807, 2.05) is 10.7 Å². The van der Waals surface area contributed by atoms with Crippen molar-refractivity contribution in [2.75, 3.05) is 5.73 Å². The number of nitrogens with two attached hydrogens (primary N) is 1. The fourth-order valence-corrected chi connectivity index (χ4v) is 2.66. The molecular weight excluding hydrogens is 231 g/mol. The molecule has 0 saturated heterocycles. The first kappa shape index (κ1) is 11.2. The molecule has 0 saturated carbocycles. The molecule has 3 rings (SSSR count). The molecule has 0 fully saturated rings. The van der Waals surface area contributed by atoms with Crippen molar-refractivity contribution >= 4 is 5.95 Å². The second-order valence-corrected chi connectivity index (χ2v) is 4.91. The third-order valence-electron chi connectivity index (χ3n) is 3.60. The lowest BCUT2D eigenvalue weighted by Crippen LogP contribution is -2.27. The fourth-order valence-electron chi connectivity index (χ4n) is 2.66. The molecule has 0 aliphatic carbocycles. The topological polar surface area (TPSA) is 56.7 Å². The van der Waals surface area contributed by atoms with Crippen molar-refractivity contribution in [3.05, 3.63) is 41.5 Å². The number of rotatable bonds is 1. The number of benzene rings is 1. The molecule has 2 heterocycles. The van der Waals surface area contributed by atoms with E-state index >= 15 is 0 Å². The van der Waals surface area contributed by atoms with E-state index in [1.165, 1.54) is 6.07 Å². The number of aromatic nitrogens is 3. The molecule has 0 bridgehead atoms. The minimum Gasteiger partial charge on any atom is -0.366 e. The molecule has 4 nitrogen and oxygen atoms in total. The smallest absolute Gasteiger partial charge is 0.239 e. The van der Waals surface area contributed by atoms with Crippen LogP contribution in [-0.4, -0.2) is 14.8 Å². The molecular formula is C13H15FN4. The van der Waals surface area contributed by atoms with Crippen molar-refractivity contribution < 1.29 is 4.39 Å². The largest absolute Gasteiger partial charge is 0.366 e. The van der Waals surface area contributed by atoms with Crippen LogP contribution in [0.15, 0.2) is 24.3 Å².